The van der Waals surface area contributed by atoms with E-state index in [2.05, 4.69) is 6.92 Å². The van der Waals surface area contributed by atoms with Gasteiger partial charge in [-0.2, -0.15) is 0 Å². The molecule has 2 aliphatic carbocycles. The van der Waals surface area contributed by atoms with E-state index in [1.54, 1.807) is 0 Å². The van der Waals surface area contributed by atoms with Crippen LogP contribution in [0.1, 0.15) is 33.1 Å². The van der Waals surface area contributed by atoms with Crippen LogP contribution in [0.5, 0.6) is 0 Å². The first-order chi connectivity index (χ1) is 8.99. The first-order valence-corrected chi connectivity index (χ1v) is 7.03. The van der Waals surface area contributed by atoms with Crippen LogP contribution < -0.4 is 0 Å². The zero-order valence-corrected chi connectivity index (χ0v) is 11.2. The molecule has 1 heterocycles. The lowest BCUT2D eigenvalue weighted by atomic mass is 9.63. The Hall–Kier alpha value is -1.39. The monoisotopic (exact) mass is 265 g/mol. The molecule has 6 atom stereocenters. The Morgan fingerprint density at radius 3 is 2.79 bits per heavy atom. The topological polar surface area (TPSA) is 69.4 Å². The normalized spacial score (nSPS) is 44.9. The molecule has 0 bridgehead atoms. The van der Waals surface area contributed by atoms with Crippen molar-refractivity contribution in [1.82, 2.24) is 0 Å². The standard InChI is InChI=1S/C14H19NO4/c1-7-11-4-3-10(15(17)18)5-9(11)6-12-13(7)8(2)19-14(12)16/h6-8,10-13H,3-5H2,1-2H3/t7-,8+,10+,11-,12+,13+/m0/s1. The van der Waals surface area contributed by atoms with Gasteiger partial charge in [-0.25, -0.2) is 0 Å². The summed E-state index contributed by atoms with van der Waals surface area (Å²) in [6.45, 7) is 4.13. The Morgan fingerprint density at radius 1 is 1.37 bits per heavy atom. The van der Waals surface area contributed by atoms with Gasteiger partial charge in [0, 0.05) is 23.7 Å². The Labute approximate surface area is 112 Å². The van der Waals surface area contributed by atoms with Crippen LogP contribution in [0.15, 0.2) is 11.6 Å². The second-order valence-corrected chi connectivity index (χ2v) is 6.17. The number of cyclic esters (lactones) is 1. The zero-order chi connectivity index (χ0) is 13.7. The molecule has 3 aliphatic rings. The average Bonchev–Trinajstić information content (AvgIpc) is 2.64. The van der Waals surface area contributed by atoms with Gasteiger partial charge in [-0.1, -0.05) is 18.6 Å². The summed E-state index contributed by atoms with van der Waals surface area (Å²) in [4.78, 5) is 22.6. The minimum absolute atomic E-state index is 0.0291. The molecular formula is C14H19NO4. The first-order valence-electron chi connectivity index (χ1n) is 7.03. The summed E-state index contributed by atoms with van der Waals surface area (Å²) < 4.78 is 5.34. The molecule has 104 valence electrons. The molecule has 1 saturated heterocycles. The van der Waals surface area contributed by atoms with Crippen molar-refractivity contribution in [3.8, 4) is 0 Å². The summed E-state index contributed by atoms with van der Waals surface area (Å²) in [7, 11) is 0. The van der Waals surface area contributed by atoms with Crippen molar-refractivity contribution in [2.45, 2.75) is 45.3 Å². The van der Waals surface area contributed by atoms with Gasteiger partial charge in [-0.05, 0) is 25.2 Å². The molecule has 0 aromatic rings. The van der Waals surface area contributed by atoms with Crippen molar-refractivity contribution in [3.63, 3.8) is 0 Å². The molecule has 1 aliphatic heterocycles. The minimum Gasteiger partial charge on any atom is -0.462 e. The molecule has 0 spiro atoms. The number of carbonyl (C=O) groups excluding carboxylic acids is 1. The molecule has 0 aromatic carbocycles. The number of fused-ring (bicyclic) bond motifs is 2. The van der Waals surface area contributed by atoms with E-state index < -0.39 is 6.04 Å². The van der Waals surface area contributed by atoms with Crippen molar-refractivity contribution in [1.29, 1.82) is 0 Å². The van der Waals surface area contributed by atoms with Gasteiger partial charge in [-0.3, -0.25) is 14.9 Å². The summed E-state index contributed by atoms with van der Waals surface area (Å²) in [5.74, 6) is 0.683. The Morgan fingerprint density at radius 2 is 2.11 bits per heavy atom. The van der Waals surface area contributed by atoms with Crippen LogP contribution in [0.2, 0.25) is 0 Å². The van der Waals surface area contributed by atoms with Crippen molar-refractivity contribution >= 4 is 5.97 Å². The van der Waals surface area contributed by atoms with Crippen LogP contribution in [-0.4, -0.2) is 23.0 Å². The predicted octanol–water partition coefficient (Wildman–Crippen LogP) is 2.19. The van der Waals surface area contributed by atoms with Crippen LogP contribution in [0.4, 0.5) is 0 Å². The predicted molar refractivity (Wildman–Crippen MR) is 67.9 cm³/mol. The van der Waals surface area contributed by atoms with Gasteiger partial charge in [0.25, 0.3) is 0 Å². The van der Waals surface area contributed by atoms with Crippen LogP contribution >= 0.6 is 0 Å². The largest absolute Gasteiger partial charge is 0.462 e. The summed E-state index contributed by atoms with van der Waals surface area (Å²) >= 11 is 0. The highest BCUT2D eigenvalue weighted by Gasteiger charge is 2.51. The van der Waals surface area contributed by atoms with Gasteiger partial charge < -0.3 is 4.74 Å². The van der Waals surface area contributed by atoms with Gasteiger partial charge in [0.2, 0.25) is 6.04 Å². The summed E-state index contributed by atoms with van der Waals surface area (Å²) in [5.41, 5.74) is 1.12. The molecule has 0 N–H and O–H groups in total. The maximum Gasteiger partial charge on any atom is 0.313 e. The first kappa shape index (κ1) is 12.6. The van der Waals surface area contributed by atoms with Gasteiger partial charge in [0.1, 0.15) is 6.10 Å². The number of esters is 1. The lowest BCUT2D eigenvalue weighted by molar-refractivity contribution is -0.525. The zero-order valence-electron chi connectivity index (χ0n) is 11.2. The van der Waals surface area contributed by atoms with Crippen LogP contribution in [0, 0.1) is 33.8 Å². The number of ether oxygens (including phenoxy) is 1. The number of hydrogen-bond donors (Lipinski definition) is 0. The minimum atomic E-state index is -0.471. The van der Waals surface area contributed by atoms with Crippen LogP contribution in [-0.2, 0) is 9.53 Å². The van der Waals surface area contributed by atoms with Crippen molar-refractivity contribution in [2.24, 2.45) is 23.7 Å². The van der Waals surface area contributed by atoms with E-state index >= 15 is 0 Å². The lowest BCUT2D eigenvalue weighted by Crippen LogP contribution is -2.39. The molecule has 3 rings (SSSR count). The fraction of sp³-hybridized carbons (Fsp3) is 0.786. The number of hydrogen-bond acceptors (Lipinski definition) is 4. The Kier molecular flexibility index (Phi) is 2.87. The average molecular weight is 265 g/mol. The fourth-order valence-electron chi connectivity index (χ4n) is 4.28. The Balaban J connectivity index is 1.90. The molecular weight excluding hydrogens is 246 g/mol. The summed E-state index contributed by atoms with van der Waals surface area (Å²) in [6.07, 6.45) is 3.98. The molecule has 5 heteroatoms. The highest BCUT2D eigenvalue weighted by molar-refractivity contribution is 5.78. The molecule has 0 amide bonds. The molecule has 2 fully saturated rings. The van der Waals surface area contributed by atoms with E-state index in [0.29, 0.717) is 24.7 Å². The van der Waals surface area contributed by atoms with E-state index in [9.17, 15) is 14.9 Å². The van der Waals surface area contributed by atoms with Crippen LogP contribution in [0.25, 0.3) is 0 Å². The van der Waals surface area contributed by atoms with Crippen molar-refractivity contribution in [3.05, 3.63) is 21.8 Å². The second kappa shape index (κ2) is 4.32. The van der Waals surface area contributed by atoms with Gasteiger partial charge in [-0.15, -0.1) is 0 Å². The number of nitro groups is 1. The van der Waals surface area contributed by atoms with E-state index in [-0.39, 0.29) is 28.8 Å². The van der Waals surface area contributed by atoms with Crippen molar-refractivity contribution in [2.75, 3.05) is 0 Å². The summed E-state index contributed by atoms with van der Waals surface area (Å²) in [5, 5.41) is 10.9. The SMILES string of the molecule is C[C@@H]1[C@@H]2[C@@H](C)OC(=O)[C@@H]2C=C2C[C@H]([N+](=O)[O-])CC[C@H]21. The molecule has 5 nitrogen and oxygen atoms in total. The fourth-order valence-corrected chi connectivity index (χ4v) is 4.28. The number of rotatable bonds is 1. The second-order valence-electron chi connectivity index (χ2n) is 6.17. The van der Waals surface area contributed by atoms with Gasteiger partial charge in [0.15, 0.2) is 0 Å². The third kappa shape index (κ3) is 1.86. The highest BCUT2D eigenvalue weighted by Crippen LogP contribution is 2.49. The van der Waals surface area contributed by atoms with E-state index in [1.807, 2.05) is 13.0 Å². The summed E-state index contributed by atoms with van der Waals surface area (Å²) in [6, 6.07) is -0.471. The van der Waals surface area contributed by atoms with E-state index in [1.165, 1.54) is 0 Å². The molecule has 1 saturated carbocycles. The van der Waals surface area contributed by atoms with Gasteiger partial charge in [0.05, 0.1) is 5.92 Å². The molecule has 0 radical (unpaired) electrons. The molecule has 0 aromatic heterocycles. The molecule has 19 heavy (non-hydrogen) atoms. The van der Waals surface area contributed by atoms with Crippen LogP contribution in [0.3, 0.4) is 0 Å². The highest BCUT2D eigenvalue weighted by atomic mass is 16.6. The Bertz CT molecular complexity index is 458. The third-order valence-electron chi connectivity index (χ3n) is 5.22. The third-order valence-corrected chi connectivity index (χ3v) is 5.22. The quantitative estimate of drug-likeness (QED) is 0.315. The number of nitrogens with zero attached hydrogens (tertiary/aromatic N) is 1. The van der Waals surface area contributed by atoms with E-state index in [4.69, 9.17) is 4.74 Å². The van der Waals surface area contributed by atoms with Gasteiger partial charge >= 0.3 is 5.97 Å². The smallest absolute Gasteiger partial charge is 0.313 e. The lowest BCUT2D eigenvalue weighted by Gasteiger charge is -2.40. The maximum absolute atomic E-state index is 11.9. The molecule has 0 unspecified atom stereocenters. The maximum atomic E-state index is 11.9. The number of carbonyl (C=O) groups is 1. The van der Waals surface area contributed by atoms with E-state index in [0.717, 1.165) is 12.0 Å². The van der Waals surface area contributed by atoms with Crippen molar-refractivity contribution < 1.29 is 14.5 Å².